The predicted molar refractivity (Wildman–Crippen MR) is 141 cm³/mol. The number of hydrogen-bond acceptors (Lipinski definition) is 4. The Morgan fingerprint density at radius 3 is 2.25 bits per heavy atom. The first-order chi connectivity index (χ1) is 17.2. The number of nitrogens with zero attached hydrogens (tertiary/aromatic N) is 2. The van der Waals surface area contributed by atoms with E-state index in [2.05, 4.69) is 24.1 Å². The standard InChI is InChI=1S/C30H33N3O3/c1-18-23(14-26(34)35)28(33-16-24-25(17-33)30(24,3)4)27(19(2)32-18)21-10-12-22(13-11-21)29(36)31-15-20-8-6-5-7-9-20/h5-13,24-25H,14-17H2,1-4H3,(H,31,36)(H,34,35). The number of rotatable bonds is 7. The van der Waals surface area contributed by atoms with E-state index in [1.807, 2.05) is 68.4 Å². The lowest BCUT2D eigenvalue weighted by molar-refractivity contribution is -0.136. The zero-order chi connectivity index (χ0) is 25.6. The number of carbonyl (C=O) groups excluding carboxylic acids is 1. The molecule has 2 heterocycles. The second kappa shape index (κ2) is 9.08. The molecular formula is C30H33N3O3. The molecule has 186 valence electrons. The molecule has 5 rings (SSSR count). The van der Waals surface area contributed by atoms with Gasteiger partial charge in [0.2, 0.25) is 0 Å². The summed E-state index contributed by atoms with van der Waals surface area (Å²) in [7, 11) is 0. The number of fused-ring (bicyclic) bond motifs is 1. The van der Waals surface area contributed by atoms with Crippen LogP contribution in [0.1, 0.15) is 46.7 Å². The van der Waals surface area contributed by atoms with Gasteiger partial charge in [-0.25, -0.2) is 0 Å². The quantitative estimate of drug-likeness (QED) is 0.493. The monoisotopic (exact) mass is 483 g/mol. The second-order valence-corrected chi connectivity index (χ2v) is 10.7. The first-order valence-corrected chi connectivity index (χ1v) is 12.6. The maximum absolute atomic E-state index is 12.7. The zero-order valence-electron chi connectivity index (χ0n) is 21.3. The molecule has 3 aromatic rings. The summed E-state index contributed by atoms with van der Waals surface area (Å²) in [6.45, 7) is 10.9. The molecule has 2 unspecified atom stereocenters. The van der Waals surface area contributed by atoms with Crippen molar-refractivity contribution >= 4 is 17.6 Å². The number of nitrogens with one attached hydrogen (secondary N) is 1. The molecule has 1 amide bonds. The Hall–Kier alpha value is -3.67. The van der Waals surface area contributed by atoms with Gasteiger partial charge in [0.15, 0.2) is 0 Å². The third kappa shape index (κ3) is 4.36. The number of piperidine rings is 1. The van der Waals surface area contributed by atoms with Crippen LogP contribution in [0.4, 0.5) is 5.69 Å². The van der Waals surface area contributed by atoms with Crippen LogP contribution in [0.3, 0.4) is 0 Å². The molecule has 1 aliphatic heterocycles. The largest absolute Gasteiger partial charge is 0.481 e. The summed E-state index contributed by atoms with van der Waals surface area (Å²) >= 11 is 0. The topological polar surface area (TPSA) is 82.5 Å². The Balaban J connectivity index is 1.46. The van der Waals surface area contributed by atoms with Crippen LogP contribution < -0.4 is 10.2 Å². The van der Waals surface area contributed by atoms with E-state index in [0.29, 0.717) is 29.4 Å². The highest BCUT2D eigenvalue weighted by molar-refractivity contribution is 5.95. The Morgan fingerprint density at radius 2 is 1.64 bits per heavy atom. The summed E-state index contributed by atoms with van der Waals surface area (Å²) in [6, 6.07) is 17.4. The van der Waals surface area contributed by atoms with Gasteiger partial charge >= 0.3 is 5.97 Å². The summed E-state index contributed by atoms with van der Waals surface area (Å²) in [6.07, 6.45) is -0.0589. The summed E-state index contributed by atoms with van der Waals surface area (Å²) < 4.78 is 0. The third-order valence-electron chi connectivity index (χ3n) is 8.15. The molecule has 6 heteroatoms. The van der Waals surface area contributed by atoms with Crippen molar-refractivity contribution in [2.24, 2.45) is 17.3 Å². The normalized spacial score (nSPS) is 19.6. The average molecular weight is 484 g/mol. The van der Waals surface area contributed by atoms with Crippen LogP contribution in [-0.2, 0) is 17.8 Å². The average Bonchev–Trinajstić information content (AvgIpc) is 3.17. The van der Waals surface area contributed by atoms with E-state index in [9.17, 15) is 14.7 Å². The molecule has 1 saturated heterocycles. The lowest BCUT2D eigenvalue weighted by atomic mass is 9.94. The molecule has 2 fully saturated rings. The SMILES string of the molecule is Cc1nc(C)c(-c2ccc(C(=O)NCc3ccccc3)cc2)c(N2CC3C(C2)C3(C)C)c1CC(=O)O. The third-order valence-corrected chi connectivity index (χ3v) is 8.15. The van der Waals surface area contributed by atoms with Gasteiger partial charge in [0.1, 0.15) is 0 Å². The van der Waals surface area contributed by atoms with Crippen molar-refractivity contribution in [3.05, 3.63) is 82.7 Å². The number of hydrogen-bond donors (Lipinski definition) is 2. The maximum Gasteiger partial charge on any atom is 0.307 e. The molecule has 2 aliphatic rings. The van der Waals surface area contributed by atoms with Gasteiger partial charge < -0.3 is 15.3 Å². The lowest BCUT2D eigenvalue weighted by Crippen LogP contribution is -2.29. The number of carboxylic acid groups (broad SMARTS) is 1. The van der Waals surface area contributed by atoms with Crippen LogP contribution in [0.15, 0.2) is 54.6 Å². The lowest BCUT2D eigenvalue weighted by Gasteiger charge is -2.30. The second-order valence-electron chi connectivity index (χ2n) is 10.7. The number of aromatic nitrogens is 1. The van der Waals surface area contributed by atoms with Crippen molar-refractivity contribution in [3.63, 3.8) is 0 Å². The van der Waals surface area contributed by atoms with Crippen molar-refractivity contribution in [2.45, 2.75) is 40.7 Å². The van der Waals surface area contributed by atoms with E-state index in [0.717, 1.165) is 52.4 Å². The van der Waals surface area contributed by atoms with Gasteiger partial charge in [0, 0.05) is 47.7 Å². The Labute approximate surface area is 212 Å². The van der Waals surface area contributed by atoms with Gasteiger partial charge in [-0.05, 0) is 54.4 Å². The highest BCUT2D eigenvalue weighted by Crippen LogP contribution is 2.63. The molecule has 0 bridgehead atoms. The number of amides is 1. The smallest absolute Gasteiger partial charge is 0.307 e. The van der Waals surface area contributed by atoms with Gasteiger partial charge in [0.25, 0.3) is 5.91 Å². The number of aliphatic carboxylic acids is 1. The highest BCUT2D eigenvalue weighted by atomic mass is 16.4. The number of carboxylic acids is 1. The molecule has 2 N–H and O–H groups in total. The number of anilines is 1. The van der Waals surface area contributed by atoms with Crippen LogP contribution in [0.2, 0.25) is 0 Å². The number of aryl methyl sites for hydroxylation is 2. The van der Waals surface area contributed by atoms with E-state index in [-0.39, 0.29) is 12.3 Å². The minimum absolute atomic E-state index is 0.0589. The Kier molecular flexibility index (Phi) is 6.07. The van der Waals surface area contributed by atoms with Crippen LogP contribution in [0.25, 0.3) is 11.1 Å². The van der Waals surface area contributed by atoms with Crippen molar-refractivity contribution in [1.29, 1.82) is 0 Å². The van der Waals surface area contributed by atoms with Crippen molar-refractivity contribution in [2.75, 3.05) is 18.0 Å². The van der Waals surface area contributed by atoms with E-state index in [4.69, 9.17) is 4.98 Å². The zero-order valence-corrected chi connectivity index (χ0v) is 21.3. The maximum atomic E-state index is 12.7. The van der Waals surface area contributed by atoms with Gasteiger partial charge in [-0.2, -0.15) is 0 Å². The fourth-order valence-corrected chi connectivity index (χ4v) is 5.91. The molecular weight excluding hydrogens is 450 g/mol. The molecule has 1 aromatic heterocycles. The first kappa shape index (κ1) is 24.0. The van der Waals surface area contributed by atoms with Crippen LogP contribution >= 0.6 is 0 Å². The fourth-order valence-electron chi connectivity index (χ4n) is 5.91. The summed E-state index contributed by atoms with van der Waals surface area (Å²) in [5, 5.41) is 12.6. The molecule has 0 spiro atoms. The Bertz CT molecular complexity index is 1300. The van der Waals surface area contributed by atoms with Gasteiger partial charge in [-0.15, -0.1) is 0 Å². The molecule has 6 nitrogen and oxygen atoms in total. The molecule has 0 radical (unpaired) electrons. The minimum atomic E-state index is -0.855. The van der Waals surface area contributed by atoms with Crippen molar-refractivity contribution < 1.29 is 14.7 Å². The van der Waals surface area contributed by atoms with Crippen LogP contribution in [0.5, 0.6) is 0 Å². The molecule has 2 atom stereocenters. The van der Waals surface area contributed by atoms with E-state index >= 15 is 0 Å². The van der Waals surface area contributed by atoms with Gasteiger partial charge in [0.05, 0.1) is 12.1 Å². The van der Waals surface area contributed by atoms with Gasteiger partial charge in [-0.1, -0.05) is 56.3 Å². The highest BCUT2D eigenvalue weighted by Gasteiger charge is 2.62. The van der Waals surface area contributed by atoms with E-state index in [1.165, 1.54) is 0 Å². The summed E-state index contributed by atoms with van der Waals surface area (Å²) in [4.78, 5) is 31.6. The summed E-state index contributed by atoms with van der Waals surface area (Å²) in [5.41, 5.74) is 7.32. The molecule has 2 aromatic carbocycles. The Morgan fingerprint density at radius 1 is 1.00 bits per heavy atom. The number of pyridine rings is 1. The fraction of sp³-hybridized carbons (Fsp3) is 0.367. The van der Waals surface area contributed by atoms with Crippen LogP contribution in [0, 0.1) is 31.1 Å². The molecule has 36 heavy (non-hydrogen) atoms. The number of benzene rings is 2. The van der Waals surface area contributed by atoms with Crippen molar-refractivity contribution in [1.82, 2.24) is 10.3 Å². The number of carbonyl (C=O) groups is 2. The van der Waals surface area contributed by atoms with Crippen LogP contribution in [-0.4, -0.2) is 35.1 Å². The first-order valence-electron chi connectivity index (χ1n) is 12.6. The van der Waals surface area contributed by atoms with E-state index < -0.39 is 5.97 Å². The van der Waals surface area contributed by atoms with Gasteiger partial charge in [-0.3, -0.25) is 14.6 Å². The predicted octanol–water partition coefficient (Wildman–Crippen LogP) is 5.01. The van der Waals surface area contributed by atoms with Crippen molar-refractivity contribution in [3.8, 4) is 11.1 Å². The molecule has 1 aliphatic carbocycles. The van der Waals surface area contributed by atoms with E-state index in [1.54, 1.807) is 0 Å². The summed E-state index contributed by atoms with van der Waals surface area (Å²) in [5.74, 6) is 0.281. The minimum Gasteiger partial charge on any atom is -0.481 e. The molecule has 1 saturated carbocycles.